The van der Waals surface area contributed by atoms with E-state index in [1.165, 1.54) is 0 Å². The Bertz CT molecular complexity index is 1240. The molecule has 0 unspecified atom stereocenters. The fourth-order valence-corrected chi connectivity index (χ4v) is 5.01. The first-order valence-electron chi connectivity index (χ1n) is 12.7. The molecule has 2 amide bonds. The number of hydrogen-bond donors (Lipinski definition) is 1. The summed E-state index contributed by atoms with van der Waals surface area (Å²) in [4.78, 5) is 28.8. The third-order valence-corrected chi connectivity index (χ3v) is 7.21. The van der Waals surface area contributed by atoms with Gasteiger partial charge in [0.2, 0.25) is 5.91 Å². The highest BCUT2D eigenvalue weighted by Crippen LogP contribution is 2.31. The van der Waals surface area contributed by atoms with Gasteiger partial charge in [0, 0.05) is 23.5 Å². The lowest BCUT2D eigenvalue weighted by atomic mass is 9.87. The van der Waals surface area contributed by atoms with Crippen LogP contribution in [0.15, 0.2) is 81.7 Å². The first kappa shape index (κ1) is 29.9. The summed E-state index contributed by atoms with van der Waals surface area (Å²) in [5.74, 6) is 0.125. The summed E-state index contributed by atoms with van der Waals surface area (Å²) in [5.41, 5.74) is 3.04. The number of rotatable bonds is 10. The van der Waals surface area contributed by atoms with Crippen molar-refractivity contribution in [1.29, 1.82) is 0 Å². The highest BCUT2D eigenvalue weighted by atomic mass is 79.9. The summed E-state index contributed by atoms with van der Waals surface area (Å²) in [6, 6.07) is 22.7. The lowest BCUT2D eigenvalue weighted by Crippen LogP contribution is -2.52. The average molecular weight is 644 g/mol. The Kier molecular flexibility index (Phi) is 10.6. The summed E-state index contributed by atoms with van der Waals surface area (Å²) in [6.07, 6.45) is 0.392. The van der Waals surface area contributed by atoms with Crippen molar-refractivity contribution >= 4 is 43.7 Å². The molecule has 0 aliphatic rings. The molecule has 202 valence electrons. The number of nitrogens with one attached hydrogen (secondary N) is 1. The van der Waals surface area contributed by atoms with Crippen LogP contribution in [0.3, 0.4) is 0 Å². The van der Waals surface area contributed by atoms with E-state index in [2.05, 4.69) is 57.9 Å². The summed E-state index contributed by atoms with van der Waals surface area (Å²) in [6.45, 7) is 10.4. The number of nitrogens with zero attached hydrogens (tertiary/aromatic N) is 1. The topological polar surface area (TPSA) is 58.6 Å². The minimum atomic E-state index is -0.707. The second kappa shape index (κ2) is 13.4. The first-order chi connectivity index (χ1) is 17.9. The van der Waals surface area contributed by atoms with E-state index in [1.807, 2.05) is 86.6 Å². The molecule has 0 aliphatic carbocycles. The molecule has 1 N–H and O–H groups in total. The van der Waals surface area contributed by atoms with Gasteiger partial charge in [-0.2, -0.15) is 0 Å². The maximum absolute atomic E-state index is 13.8. The molecule has 0 heterocycles. The Labute approximate surface area is 243 Å². The van der Waals surface area contributed by atoms with Gasteiger partial charge in [0.05, 0.1) is 4.47 Å². The third-order valence-electron chi connectivity index (χ3n) is 6.09. The van der Waals surface area contributed by atoms with Crippen LogP contribution in [0.4, 0.5) is 0 Å². The molecule has 0 aromatic heterocycles. The van der Waals surface area contributed by atoms with Crippen molar-refractivity contribution in [3.05, 3.63) is 98.4 Å². The van der Waals surface area contributed by atoms with Crippen LogP contribution >= 0.6 is 31.9 Å². The zero-order chi connectivity index (χ0) is 27.9. The van der Waals surface area contributed by atoms with Gasteiger partial charge in [0.25, 0.3) is 5.91 Å². The monoisotopic (exact) mass is 642 g/mol. The Morgan fingerprint density at radius 2 is 1.61 bits per heavy atom. The summed E-state index contributed by atoms with van der Waals surface area (Å²) in [7, 11) is 0. The lowest BCUT2D eigenvalue weighted by Gasteiger charge is -2.32. The van der Waals surface area contributed by atoms with Gasteiger partial charge in [-0.05, 0) is 76.1 Å². The maximum atomic E-state index is 13.8. The highest BCUT2D eigenvalue weighted by molar-refractivity contribution is 9.10. The van der Waals surface area contributed by atoms with Crippen LogP contribution in [-0.4, -0.2) is 35.4 Å². The standard InChI is InChI=1S/C31H36Br2N2O3/c1-21(2)34-30(37)27(17-22-10-7-6-8-11-22)35(19-23-12-9-13-25(32)16-23)29(36)20-38-28-15-14-24(18-26(28)33)31(3,4)5/h6-16,18,21,27H,17,19-20H2,1-5H3,(H,34,37)/t27-/m1/s1. The third kappa shape index (κ3) is 8.70. The molecule has 3 aromatic rings. The van der Waals surface area contributed by atoms with Crippen molar-refractivity contribution < 1.29 is 14.3 Å². The van der Waals surface area contributed by atoms with E-state index >= 15 is 0 Å². The largest absolute Gasteiger partial charge is 0.483 e. The molecule has 7 heteroatoms. The Morgan fingerprint density at radius 3 is 2.21 bits per heavy atom. The number of benzene rings is 3. The quantitative estimate of drug-likeness (QED) is 0.258. The van der Waals surface area contributed by atoms with Crippen LogP contribution in [0.5, 0.6) is 5.75 Å². The Hall–Kier alpha value is -2.64. The number of ether oxygens (including phenoxy) is 1. The first-order valence-corrected chi connectivity index (χ1v) is 14.3. The molecule has 0 fully saturated rings. The molecule has 5 nitrogen and oxygen atoms in total. The number of amides is 2. The van der Waals surface area contributed by atoms with Crippen molar-refractivity contribution in [2.45, 2.75) is 65.1 Å². The van der Waals surface area contributed by atoms with Gasteiger partial charge in [-0.25, -0.2) is 0 Å². The summed E-state index contributed by atoms with van der Waals surface area (Å²) >= 11 is 7.11. The molecular formula is C31H36Br2N2O3. The van der Waals surface area contributed by atoms with Gasteiger partial charge in [-0.3, -0.25) is 9.59 Å². The van der Waals surface area contributed by atoms with Gasteiger partial charge < -0.3 is 15.0 Å². The Balaban J connectivity index is 1.91. The number of hydrogen-bond acceptors (Lipinski definition) is 3. The van der Waals surface area contributed by atoms with Crippen molar-refractivity contribution in [2.75, 3.05) is 6.61 Å². The van der Waals surface area contributed by atoms with Crippen LogP contribution in [0.2, 0.25) is 0 Å². The number of carbonyl (C=O) groups is 2. The van der Waals surface area contributed by atoms with Gasteiger partial charge in [-0.15, -0.1) is 0 Å². The fraction of sp³-hybridized carbons (Fsp3) is 0.355. The molecule has 1 atom stereocenters. The lowest BCUT2D eigenvalue weighted by molar-refractivity contribution is -0.143. The minimum Gasteiger partial charge on any atom is -0.483 e. The van der Waals surface area contributed by atoms with Crippen LogP contribution in [0.25, 0.3) is 0 Å². The molecule has 0 saturated carbocycles. The van der Waals surface area contributed by atoms with Crippen LogP contribution < -0.4 is 10.1 Å². The molecular weight excluding hydrogens is 608 g/mol. The van der Waals surface area contributed by atoms with E-state index < -0.39 is 6.04 Å². The van der Waals surface area contributed by atoms with Crippen LogP contribution in [0.1, 0.15) is 51.3 Å². The zero-order valence-electron chi connectivity index (χ0n) is 22.6. The van der Waals surface area contributed by atoms with Crippen LogP contribution in [-0.2, 0) is 28.0 Å². The van der Waals surface area contributed by atoms with Crippen molar-refractivity contribution in [2.24, 2.45) is 0 Å². The second-order valence-corrected chi connectivity index (χ2v) is 12.5. The molecule has 0 bridgehead atoms. The van der Waals surface area contributed by atoms with Gasteiger partial charge >= 0.3 is 0 Å². The molecule has 0 saturated heterocycles. The highest BCUT2D eigenvalue weighted by Gasteiger charge is 2.31. The number of halogens is 2. The van der Waals surface area contributed by atoms with Crippen LogP contribution in [0, 0.1) is 0 Å². The fourth-order valence-electron chi connectivity index (χ4n) is 4.07. The van der Waals surface area contributed by atoms with Gasteiger partial charge in [-0.1, -0.05) is 85.2 Å². The minimum absolute atomic E-state index is 0.00788. The maximum Gasteiger partial charge on any atom is 0.261 e. The molecule has 0 radical (unpaired) electrons. The van der Waals surface area contributed by atoms with E-state index in [4.69, 9.17) is 4.74 Å². The van der Waals surface area contributed by atoms with E-state index in [1.54, 1.807) is 4.90 Å². The normalized spacial score (nSPS) is 12.2. The van der Waals surface area contributed by atoms with Gasteiger partial charge in [0.1, 0.15) is 11.8 Å². The number of carbonyl (C=O) groups excluding carboxylic acids is 2. The molecule has 0 spiro atoms. The molecule has 3 rings (SSSR count). The van der Waals surface area contributed by atoms with E-state index in [-0.39, 0.29) is 36.4 Å². The zero-order valence-corrected chi connectivity index (χ0v) is 25.8. The smallest absolute Gasteiger partial charge is 0.261 e. The predicted molar refractivity (Wildman–Crippen MR) is 160 cm³/mol. The van der Waals surface area contributed by atoms with E-state index in [0.29, 0.717) is 12.2 Å². The second-order valence-electron chi connectivity index (χ2n) is 10.7. The average Bonchev–Trinajstić information content (AvgIpc) is 2.85. The van der Waals surface area contributed by atoms with E-state index in [0.717, 1.165) is 25.6 Å². The van der Waals surface area contributed by atoms with Crippen molar-refractivity contribution in [3.8, 4) is 5.75 Å². The molecule has 3 aromatic carbocycles. The van der Waals surface area contributed by atoms with Gasteiger partial charge in [0.15, 0.2) is 6.61 Å². The van der Waals surface area contributed by atoms with Crippen molar-refractivity contribution in [3.63, 3.8) is 0 Å². The van der Waals surface area contributed by atoms with Crippen molar-refractivity contribution in [1.82, 2.24) is 10.2 Å². The van der Waals surface area contributed by atoms with E-state index in [9.17, 15) is 9.59 Å². The Morgan fingerprint density at radius 1 is 0.921 bits per heavy atom. The molecule has 0 aliphatic heterocycles. The molecule has 38 heavy (non-hydrogen) atoms. The predicted octanol–water partition coefficient (Wildman–Crippen LogP) is 7.05. The SMILES string of the molecule is CC(C)NC(=O)[C@@H](Cc1ccccc1)N(Cc1cccc(Br)c1)C(=O)COc1ccc(C(C)(C)C)cc1Br. The summed E-state index contributed by atoms with van der Waals surface area (Å²) in [5, 5.41) is 3.01. The summed E-state index contributed by atoms with van der Waals surface area (Å²) < 4.78 is 7.69.